The van der Waals surface area contributed by atoms with E-state index in [2.05, 4.69) is 5.32 Å². The smallest absolute Gasteiger partial charge is 0.255 e. The molecule has 0 radical (unpaired) electrons. The summed E-state index contributed by atoms with van der Waals surface area (Å²) in [6.07, 6.45) is 0. The molecule has 0 saturated carbocycles. The Hall–Kier alpha value is -1.80. The maximum absolute atomic E-state index is 11.9. The highest BCUT2D eigenvalue weighted by molar-refractivity contribution is 6.31. The largest absolute Gasteiger partial charge is 0.322 e. The molecule has 1 N–H and O–H groups in total. The Bertz CT molecular complexity index is 517. The molecule has 0 aliphatic heterocycles. The molecule has 0 aliphatic carbocycles. The Morgan fingerprint density at radius 3 is 2.47 bits per heavy atom. The topological polar surface area (TPSA) is 29.1 Å². The first-order chi connectivity index (χ1) is 8.15. The maximum atomic E-state index is 11.9. The van der Waals surface area contributed by atoms with Crippen molar-refractivity contribution in [1.82, 2.24) is 0 Å². The van der Waals surface area contributed by atoms with E-state index in [1.54, 1.807) is 6.07 Å². The summed E-state index contributed by atoms with van der Waals surface area (Å²) < 4.78 is 0. The van der Waals surface area contributed by atoms with Crippen LogP contribution in [0, 0.1) is 6.92 Å². The Morgan fingerprint density at radius 1 is 1.12 bits per heavy atom. The van der Waals surface area contributed by atoms with E-state index in [0.29, 0.717) is 10.6 Å². The van der Waals surface area contributed by atoms with Gasteiger partial charge in [-0.3, -0.25) is 4.79 Å². The molecule has 0 aromatic heterocycles. The fourth-order valence-electron chi connectivity index (χ4n) is 1.59. The van der Waals surface area contributed by atoms with Gasteiger partial charge in [-0.05, 0) is 42.8 Å². The van der Waals surface area contributed by atoms with Crippen molar-refractivity contribution in [1.29, 1.82) is 0 Å². The third kappa shape index (κ3) is 3.08. The lowest BCUT2D eigenvalue weighted by Gasteiger charge is -2.06. The zero-order chi connectivity index (χ0) is 12.3. The molecule has 1 amide bonds. The number of benzene rings is 2. The fraction of sp³-hybridized carbons (Fsp3) is 0.0714. The molecule has 0 atom stereocenters. The van der Waals surface area contributed by atoms with Gasteiger partial charge in [0, 0.05) is 16.3 Å². The van der Waals surface area contributed by atoms with E-state index >= 15 is 0 Å². The van der Waals surface area contributed by atoms with Crippen LogP contribution in [0.15, 0.2) is 48.5 Å². The molecular weight excluding hydrogens is 234 g/mol. The standard InChI is InChI=1S/C14H12ClNO/c1-10-7-11(9-12(15)8-10)14(17)16-13-5-3-2-4-6-13/h2-9H,1H3,(H,16,17). The number of nitrogens with one attached hydrogen (secondary N) is 1. The summed E-state index contributed by atoms with van der Waals surface area (Å²) in [4.78, 5) is 11.9. The van der Waals surface area contributed by atoms with E-state index in [-0.39, 0.29) is 5.91 Å². The third-order valence-corrected chi connectivity index (χ3v) is 2.55. The predicted octanol–water partition coefficient (Wildman–Crippen LogP) is 3.90. The Kier molecular flexibility index (Phi) is 3.45. The molecule has 2 rings (SSSR count). The first kappa shape index (κ1) is 11.7. The number of carbonyl (C=O) groups excluding carboxylic acids is 1. The Balaban J connectivity index is 2.20. The summed E-state index contributed by atoms with van der Waals surface area (Å²) in [5, 5.41) is 3.39. The van der Waals surface area contributed by atoms with Crippen molar-refractivity contribution >= 4 is 23.2 Å². The quantitative estimate of drug-likeness (QED) is 0.854. The highest BCUT2D eigenvalue weighted by Gasteiger charge is 2.07. The van der Waals surface area contributed by atoms with E-state index < -0.39 is 0 Å². The molecule has 86 valence electrons. The number of amides is 1. The second kappa shape index (κ2) is 5.02. The maximum Gasteiger partial charge on any atom is 0.255 e. The van der Waals surface area contributed by atoms with Crippen LogP contribution in [-0.2, 0) is 0 Å². The first-order valence-corrected chi connectivity index (χ1v) is 5.66. The zero-order valence-corrected chi connectivity index (χ0v) is 10.2. The summed E-state index contributed by atoms with van der Waals surface area (Å²) >= 11 is 5.92. The van der Waals surface area contributed by atoms with Gasteiger partial charge in [0.1, 0.15) is 0 Å². The summed E-state index contributed by atoms with van der Waals surface area (Å²) in [5.41, 5.74) is 2.31. The number of hydrogen-bond acceptors (Lipinski definition) is 1. The average Bonchev–Trinajstić information content (AvgIpc) is 2.29. The van der Waals surface area contributed by atoms with Crippen molar-refractivity contribution in [2.45, 2.75) is 6.92 Å². The monoisotopic (exact) mass is 245 g/mol. The molecule has 0 aliphatic rings. The number of rotatable bonds is 2. The van der Waals surface area contributed by atoms with Gasteiger partial charge in [0.2, 0.25) is 0 Å². The van der Waals surface area contributed by atoms with Gasteiger partial charge in [-0.1, -0.05) is 29.8 Å². The van der Waals surface area contributed by atoms with Crippen LogP contribution >= 0.6 is 11.6 Å². The van der Waals surface area contributed by atoms with Crippen LogP contribution in [0.3, 0.4) is 0 Å². The second-order valence-corrected chi connectivity index (χ2v) is 4.27. The van der Waals surface area contributed by atoms with E-state index in [0.717, 1.165) is 11.3 Å². The fourth-order valence-corrected chi connectivity index (χ4v) is 1.88. The minimum atomic E-state index is -0.151. The molecule has 2 aromatic carbocycles. The third-order valence-electron chi connectivity index (χ3n) is 2.34. The molecular formula is C14H12ClNO. The van der Waals surface area contributed by atoms with Crippen molar-refractivity contribution < 1.29 is 4.79 Å². The lowest BCUT2D eigenvalue weighted by Crippen LogP contribution is -2.11. The summed E-state index contributed by atoms with van der Waals surface area (Å²) in [6, 6.07) is 14.6. The van der Waals surface area contributed by atoms with Gasteiger partial charge in [0.15, 0.2) is 0 Å². The number of carbonyl (C=O) groups is 1. The molecule has 0 bridgehead atoms. The van der Waals surface area contributed by atoms with Gasteiger partial charge in [0.25, 0.3) is 5.91 Å². The van der Waals surface area contributed by atoms with Gasteiger partial charge in [-0.2, -0.15) is 0 Å². The average molecular weight is 246 g/mol. The van der Waals surface area contributed by atoms with E-state index in [1.165, 1.54) is 0 Å². The van der Waals surface area contributed by atoms with Crippen LogP contribution in [0.2, 0.25) is 5.02 Å². The van der Waals surface area contributed by atoms with Crippen molar-refractivity contribution in [3.63, 3.8) is 0 Å². The number of anilines is 1. The van der Waals surface area contributed by atoms with Gasteiger partial charge >= 0.3 is 0 Å². The summed E-state index contributed by atoms with van der Waals surface area (Å²) in [5.74, 6) is -0.151. The van der Waals surface area contributed by atoms with E-state index in [1.807, 2.05) is 49.4 Å². The van der Waals surface area contributed by atoms with Crippen molar-refractivity contribution in [3.05, 3.63) is 64.7 Å². The number of halogens is 1. The summed E-state index contributed by atoms with van der Waals surface area (Å²) in [6.45, 7) is 1.91. The predicted molar refractivity (Wildman–Crippen MR) is 70.6 cm³/mol. The van der Waals surface area contributed by atoms with Gasteiger partial charge < -0.3 is 5.32 Å². The molecule has 0 fully saturated rings. The molecule has 17 heavy (non-hydrogen) atoms. The highest BCUT2D eigenvalue weighted by Crippen LogP contribution is 2.16. The van der Waals surface area contributed by atoms with Crippen LogP contribution in [0.25, 0.3) is 0 Å². The van der Waals surface area contributed by atoms with Crippen LogP contribution in [-0.4, -0.2) is 5.91 Å². The van der Waals surface area contributed by atoms with Crippen molar-refractivity contribution in [2.75, 3.05) is 5.32 Å². The normalized spacial score (nSPS) is 10.0. The SMILES string of the molecule is Cc1cc(Cl)cc(C(=O)Nc2ccccc2)c1. The highest BCUT2D eigenvalue weighted by atomic mass is 35.5. The Morgan fingerprint density at radius 2 is 1.82 bits per heavy atom. The minimum Gasteiger partial charge on any atom is -0.322 e. The van der Waals surface area contributed by atoms with Crippen molar-refractivity contribution in [2.24, 2.45) is 0 Å². The molecule has 3 heteroatoms. The van der Waals surface area contributed by atoms with Crippen LogP contribution in [0.1, 0.15) is 15.9 Å². The molecule has 0 heterocycles. The van der Waals surface area contributed by atoms with E-state index in [4.69, 9.17) is 11.6 Å². The second-order valence-electron chi connectivity index (χ2n) is 3.84. The van der Waals surface area contributed by atoms with Gasteiger partial charge in [0.05, 0.1) is 0 Å². The first-order valence-electron chi connectivity index (χ1n) is 5.29. The molecule has 2 nitrogen and oxygen atoms in total. The van der Waals surface area contributed by atoms with E-state index in [9.17, 15) is 4.79 Å². The minimum absolute atomic E-state index is 0.151. The number of aryl methyl sites for hydroxylation is 1. The number of para-hydroxylation sites is 1. The van der Waals surface area contributed by atoms with Crippen LogP contribution in [0.5, 0.6) is 0 Å². The van der Waals surface area contributed by atoms with Gasteiger partial charge in [-0.15, -0.1) is 0 Å². The number of hydrogen-bond donors (Lipinski definition) is 1. The zero-order valence-electron chi connectivity index (χ0n) is 9.41. The Labute approximate surface area is 105 Å². The van der Waals surface area contributed by atoms with Crippen molar-refractivity contribution in [3.8, 4) is 0 Å². The molecule has 0 saturated heterocycles. The molecule has 0 unspecified atom stereocenters. The lowest BCUT2D eigenvalue weighted by molar-refractivity contribution is 0.102. The van der Waals surface area contributed by atoms with Crippen LogP contribution < -0.4 is 5.32 Å². The van der Waals surface area contributed by atoms with Crippen LogP contribution in [0.4, 0.5) is 5.69 Å². The molecule has 2 aromatic rings. The lowest BCUT2D eigenvalue weighted by atomic mass is 10.1. The molecule has 0 spiro atoms. The summed E-state index contributed by atoms with van der Waals surface area (Å²) in [7, 11) is 0. The van der Waals surface area contributed by atoms with Gasteiger partial charge in [-0.25, -0.2) is 0 Å².